The van der Waals surface area contributed by atoms with Crippen LogP contribution in [0, 0.1) is 0 Å². The van der Waals surface area contributed by atoms with Crippen LogP contribution >= 0.6 is 0 Å². The van der Waals surface area contributed by atoms with E-state index in [0.29, 0.717) is 29.8 Å². The standard InChI is InChI=1S/C25H26N2O6S/c28-23(33-18-17-27-24(29)21-7-3-4-8-22(21)25(27)30)14-11-19-9-12-20(13-10-19)34(31,32)26-15-5-1-2-6-16-26/h3-4,7-14H,1-2,5-6,15-18H2/b14-11+. The molecule has 0 N–H and O–H groups in total. The number of ether oxygens (including phenoxy) is 1. The van der Waals surface area contributed by atoms with Gasteiger partial charge < -0.3 is 4.74 Å². The quantitative estimate of drug-likeness (QED) is 0.342. The van der Waals surface area contributed by atoms with Gasteiger partial charge in [0.25, 0.3) is 11.8 Å². The average molecular weight is 483 g/mol. The van der Waals surface area contributed by atoms with Crippen LogP contribution in [0.5, 0.6) is 0 Å². The van der Waals surface area contributed by atoms with Crippen molar-refractivity contribution in [2.45, 2.75) is 30.6 Å². The van der Waals surface area contributed by atoms with Crippen LogP contribution < -0.4 is 0 Å². The fourth-order valence-corrected chi connectivity index (χ4v) is 5.59. The number of benzene rings is 2. The molecule has 0 aliphatic carbocycles. The van der Waals surface area contributed by atoms with E-state index in [1.165, 1.54) is 28.6 Å². The topological polar surface area (TPSA) is 101 Å². The van der Waals surface area contributed by atoms with Gasteiger partial charge in [-0.1, -0.05) is 37.1 Å². The molecule has 0 bridgehead atoms. The maximum atomic E-state index is 12.8. The van der Waals surface area contributed by atoms with Gasteiger partial charge in [0.2, 0.25) is 10.0 Å². The van der Waals surface area contributed by atoms with E-state index in [0.717, 1.165) is 30.6 Å². The molecule has 2 aromatic rings. The van der Waals surface area contributed by atoms with Crippen LogP contribution in [0.25, 0.3) is 6.08 Å². The lowest BCUT2D eigenvalue weighted by molar-refractivity contribution is -0.137. The van der Waals surface area contributed by atoms with Crippen molar-refractivity contribution >= 4 is 33.9 Å². The zero-order valence-electron chi connectivity index (χ0n) is 18.7. The minimum absolute atomic E-state index is 0.0328. The van der Waals surface area contributed by atoms with E-state index in [9.17, 15) is 22.8 Å². The summed E-state index contributed by atoms with van der Waals surface area (Å²) in [6.07, 6.45) is 6.58. The summed E-state index contributed by atoms with van der Waals surface area (Å²) in [5.41, 5.74) is 1.34. The van der Waals surface area contributed by atoms with Gasteiger partial charge in [-0.3, -0.25) is 14.5 Å². The van der Waals surface area contributed by atoms with Gasteiger partial charge in [-0.15, -0.1) is 0 Å². The number of sulfonamides is 1. The molecule has 0 unspecified atom stereocenters. The molecule has 8 nitrogen and oxygen atoms in total. The van der Waals surface area contributed by atoms with Crippen LogP contribution in [0.3, 0.4) is 0 Å². The van der Waals surface area contributed by atoms with Crippen molar-refractivity contribution in [3.05, 3.63) is 71.3 Å². The van der Waals surface area contributed by atoms with Crippen LogP contribution in [0.2, 0.25) is 0 Å². The molecule has 178 valence electrons. The second kappa shape index (κ2) is 10.3. The third kappa shape index (κ3) is 5.10. The number of amides is 2. The minimum atomic E-state index is -3.52. The van der Waals surface area contributed by atoms with E-state index in [4.69, 9.17) is 4.74 Å². The maximum Gasteiger partial charge on any atom is 0.330 e. The fraction of sp³-hybridized carbons (Fsp3) is 0.320. The van der Waals surface area contributed by atoms with Crippen LogP contribution in [0.4, 0.5) is 0 Å². The van der Waals surface area contributed by atoms with Gasteiger partial charge in [-0.2, -0.15) is 4.31 Å². The number of fused-ring (bicyclic) bond motifs is 1. The smallest absolute Gasteiger partial charge is 0.330 e. The number of rotatable bonds is 7. The molecule has 0 atom stereocenters. The molecular formula is C25H26N2O6S. The molecule has 4 rings (SSSR count). The Morgan fingerprint density at radius 3 is 2.06 bits per heavy atom. The summed E-state index contributed by atoms with van der Waals surface area (Å²) in [5, 5.41) is 0. The Morgan fingerprint density at radius 1 is 0.882 bits per heavy atom. The molecule has 9 heteroatoms. The van der Waals surface area contributed by atoms with Crippen LogP contribution in [-0.2, 0) is 19.6 Å². The lowest BCUT2D eigenvalue weighted by Crippen LogP contribution is -2.33. The van der Waals surface area contributed by atoms with Crippen molar-refractivity contribution in [1.82, 2.24) is 9.21 Å². The maximum absolute atomic E-state index is 12.8. The van der Waals surface area contributed by atoms with Gasteiger partial charge in [0.05, 0.1) is 22.6 Å². The molecule has 2 aliphatic heterocycles. The fourth-order valence-electron chi connectivity index (χ4n) is 4.07. The molecule has 2 aromatic carbocycles. The zero-order chi connectivity index (χ0) is 24.1. The predicted octanol–water partition coefficient (Wildman–Crippen LogP) is 3.10. The monoisotopic (exact) mass is 482 g/mol. The van der Waals surface area contributed by atoms with E-state index in [-0.39, 0.29) is 18.0 Å². The van der Waals surface area contributed by atoms with Gasteiger partial charge in [-0.05, 0) is 48.7 Å². The highest BCUT2D eigenvalue weighted by Crippen LogP contribution is 2.22. The first-order chi connectivity index (χ1) is 16.4. The van der Waals surface area contributed by atoms with Crippen molar-refractivity contribution in [2.24, 2.45) is 0 Å². The Morgan fingerprint density at radius 2 is 1.47 bits per heavy atom. The van der Waals surface area contributed by atoms with Crippen molar-refractivity contribution in [1.29, 1.82) is 0 Å². The van der Waals surface area contributed by atoms with Crippen LogP contribution in [-0.4, -0.2) is 61.6 Å². The lowest BCUT2D eigenvalue weighted by atomic mass is 10.1. The highest BCUT2D eigenvalue weighted by Gasteiger charge is 2.34. The molecular weight excluding hydrogens is 456 g/mol. The van der Waals surface area contributed by atoms with Crippen LogP contribution in [0.15, 0.2) is 59.5 Å². The molecule has 1 saturated heterocycles. The summed E-state index contributed by atoms with van der Waals surface area (Å²) in [5.74, 6) is -1.43. The molecule has 0 radical (unpaired) electrons. The summed E-state index contributed by atoms with van der Waals surface area (Å²) >= 11 is 0. The molecule has 0 saturated carbocycles. The summed E-state index contributed by atoms with van der Waals surface area (Å²) < 4.78 is 32.3. The van der Waals surface area contributed by atoms with E-state index in [1.54, 1.807) is 36.4 Å². The van der Waals surface area contributed by atoms with Gasteiger partial charge in [0.15, 0.2) is 0 Å². The number of esters is 1. The molecule has 2 aliphatic rings. The molecule has 0 aromatic heterocycles. The minimum Gasteiger partial charge on any atom is -0.461 e. The lowest BCUT2D eigenvalue weighted by Gasteiger charge is -2.19. The first-order valence-corrected chi connectivity index (χ1v) is 12.7. The highest BCUT2D eigenvalue weighted by atomic mass is 32.2. The van der Waals surface area contributed by atoms with E-state index in [2.05, 4.69) is 0 Å². The van der Waals surface area contributed by atoms with Gasteiger partial charge in [0, 0.05) is 19.2 Å². The Labute approximate surface area is 198 Å². The van der Waals surface area contributed by atoms with Crippen molar-refractivity contribution < 1.29 is 27.5 Å². The number of nitrogens with zero attached hydrogens (tertiary/aromatic N) is 2. The normalized spacial score (nSPS) is 17.1. The van der Waals surface area contributed by atoms with E-state index >= 15 is 0 Å². The largest absolute Gasteiger partial charge is 0.461 e. The third-order valence-corrected chi connectivity index (χ3v) is 7.85. The Kier molecular flexibility index (Phi) is 7.23. The predicted molar refractivity (Wildman–Crippen MR) is 125 cm³/mol. The number of carbonyl (C=O) groups excluding carboxylic acids is 3. The summed E-state index contributed by atoms with van der Waals surface area (Å²) in [6, 6.07) is 12.9. The Hall–Kier alpha value is -3.30. The number of hydrogen-bond acceptors (Lipinski definition) is 6. The van der Waals surface area contributed by atoms with Crippen molar-refractivity contribution in [3.8, 4) is 0 Å². The average Bonchev–Trinajstić information content (AvgIpc) is 3.03. The highest BCUT2D eigenvalue weighted by molar-refractivity contribution is 7.89. The zero-order valence-corrected chi connectivity index (χ0v) is 19.5. The van der Waals surface area contributed by atoms with Gasteiger partial charge in [0.1, 0.15) is 6.61 Å². The van der Waals surface area contributed by atoms with Gasteiger partial charge in [-0.25, -0.2) is 13.2 Å². The first kappa shape index (κ1) is 23.8. The number of carbonyl (C=O) groups is 3. The molecule has 2 heterocycles. The molecule has 2 amide bonds. The third-order valence-electron chi connectivity index (χ3n) is 5.93. The summed E-state index contributed by atoms with van der Waals surface area (Å²) in [4.78, 5) is 38.0. The van der Waals surface area contributed by atoms with Crippen LogP contribution in [0.1, 0.15) is 52.0 Å². The number of imide groups is 1. The van der Waals surface area contributed by atoms with Gasteiger partial charge >= 0.3 is 5.97 Å². The molecule has 34 heavy (non-hydrogen) atoms. The second-order valence-corrected chi connectivity index (χ2v) is 10.1. The molecule has 0 spiro atoms. The number of hydrogen-bond donors (Lipinski definition) is 0. The summed E-state index contributed by atoms with van der Waals surface area (Å²) in [6.45, 7) is 0.920. The second-order valence-electron chi connectivity index (χ2n) is 8.20. The first-order valence-electron chi connectivity index (χ1n) is 11.3. The Bertz CT molecular complexity index is 1180. The summed E-state index contributed by atoms with van der Waals surface area (Å²) in [7, 11) is -3.52. The van der Waals surface area contributed by atoms with Crippen molar-refractivity contribution in [2.75, 3.05) is 26.2 Å². The molecule has 1 fully saturated rings. The van der Waals surface area contributed by atoms with Crippen molar-refractivity contribution in [3.63, 3.8) is 0 Å². The van der Waals surface area contributed by atoms with E-state index < -0.39 is 27.8 Å². The SMILES string of the molecule is O=C(/C=C/c1ccc(S(=O)(=O)N2CCCCCC2)cc1)OCCN1C(=O)c2ccccc2C1=O. The van der Waals surface area contributed by atoms with E-state index in [1.807, 2.05) is 0 Å². The Balaban J connectivity index is 1.29.